The van der Waals surface area contributed by atoms with Crippen molar-refractivity contribution in [2.75, 3.05) is 24.2 Å². The Bertz CT molecular complexity index is 1160. The third-order valence-corrected chi connectivity index (χ3v) is 5.78. The number of carbonyl (C=O) groups is 3. The summed E-state index contributed by atoms with van der Waals surface area (Å²) in [6, 6.07) is 21.0. The Labute approximate surface area is 194 Å². The lowest BCUT2D eigenvalue weighted by atomic mass is 10.0. The van der Waals surface area contributed by atoms with Gasteiger partial charge in [-0.25, -0.2) is 0 Å². The highest BCUT2D eigenvalue weighted by molar-refractivity contribution is 6.14. The molecule has 0 aliphatic rings. The van der Waals surface area contributed by atoms with Gasteiger partial charge in [0.15, 0.2) is 5.78 Å². The molecule has 0 radical (unpaired) electrons. The van der Waals surface area contributed by atoms with Crippen LogP contribution in [0.4, 0.5) is 11.4 Å². The van der Waals surface area contributed by atoms with E-state index in [0.717, 1.165) is 16.8 Å². The van der Waals surface area contributed by atoms with E-state index in [0.29, 0.717) is 16.8 Å². The molecule has 3 aromatic carbocycles. The minimum Gasteiger partial charge on any atom is -0.325 e. The molecule has 2 amide bonds. The number of aryl methyl sites for hydroxylation is 1. The Balaban J connectivity index is 1.65. The topological polar surface area (TPSA) is 78.5 Å². The van der Waals surface area contributed by atoms with Gasteiger partial charge in [0.2, 0.25) is 11.8 Å². The number of benzene rings is 3. The Morgan fingerprint density at radius 3 is 2.18 bits per heavy atom. The predicted molar refractivity (Wildman–Crippen MR) is 132 cm³/mol. The fourth-order valence-electron chi connectivity index (χ4n) is 3.41. The van der Waals surface area contributed by atoms with E-state index in [1.165, 1.54) is 0 Å². The lowest BCUT2D eigenvalue weighted by Gasteiger charge is -2.24. The number of para-hydroxylation sites is 1. The molecule has 6 nitrogen and oxygen atoms in total. The minimum atomic E-state index is -0.589. The normalized spacial score (nSPS) is 11.7. The number of rotatable bonds is 8. The number of nitrogens with one attached hydrogen (secondary N) is 2. The van der Waals surface area contributed by atoms with E-state index < -0.39 is 6.04 Å². The highest BCUT2D eigenvalue weighted by Crippen LogP contribution is 2.20. The number of ketones is 1. The average Bonchev–Trinajstić information content (AvgIpc) is 2.82. The Hall–Kier alpha value is -3.77. The average molecular weight is 444 g/mol. The summed E-state index contributed by atoms with van der Waals surface area (Å²) in [5.74, 6) is -0.670. The number of nitrogens with zero attached hydrogens (tertiary/aromatic N) is 1. The maximum atomic E-state index is 12.9. The van der Waals surface area contributed by atoms with Gasteiger partial charge in [0.05, 0.1) is 18.3 Å². The van der Waals surface area contributed by atoms with Crippen molar-refractivity contribution < 1.29 is 14.4 Å². The van der Waals surface area contributed by atoms with Crippen molar-refractivity contribution in [3.63, 3.8) is 0 Å². The van der Waals surface area contributed by atoms with Crippen molar-refractivity contribution in [1.82, 2.24) is 4.90 Å². The van der Waals surface area contributed by atoms with Crippen LogP contribution in [0.1, 0.15) is 34.0 Å². The predicted octanol–water partition coefficient (Wildman–Crippen LogP) is 4.43. The first-order chi connectivity index (χ1) is 15.8. The maximum Gasteiger partial charge on any atom is 0.241 e. The molecule has 2 N–H and O–H groups in total. The third kappa shape index (κ3) is 5.93. The highest BCUT2D eigenvalue weighted by Gasteiger charge is 2.22. The van der Waals surface area contributed by atoms with Gasteiger partial charge >= 0.3 is 0 Å². The molecule has 6 heteroatoms. The zero-order chi connectivity index (χ0) is 24.0. The summed E-state index contributed by atoms with van der Waals surface area (Å²) in [6.07, 6.45) is 0. The number of amides is 2. The largest absolute Gasteiger partial charge is 0.325 e. The van der Waals surface area contributed by atoms with E-state index in [-0.39, 0.29) is 24.1 Å². The summed E-state index contributed by atoms with van der Waals surface area (Å²) in [7, 11) is 1.72. The van der Waals surface area contributed by atoms with Crippen LogP contribution in [0.2, 0.25) is 0 Å². The summed E-state index contributed by atoms with van der Waals surface area (Å²) in [5.41, 5.74) is 4.28. The van der Waals surface area contributed by atoms with Gasteiger partial charge in [-0.3, -0.25) is 19.3 Å². The van der Waals surface area contributed by atoms with Crippen LogP contribution in [-0.2, 0) is 9.59 Å². The molecule has 0 fully saturated rings. The molecule has 0 bridgehead atoms. The fourth-order valence-corrected chi connectivity index (χ4v) is 3.41. The van der Waals surface area contributed by atoms with Crippen molar-refractivity contribution in [2.24, 2.45) is 0 Å². The van der Waals surface area contributed by atoms with Gasteiger partial charge in [-0.05, 0) is 57.1 Å². The monoisotopic (exact) mass is 443 g/mol. The Kier molecular flexibility index (Phi) is 7.74. The van der Waals surface area contributed by atoms with Crippen molar-refractivity contribution in [1.29, 1.82) is 0 Å². The Morgan fingerprint density at radius 2 is 1.45 bits per heavy atom. The molecule has 170 valence electrons. The molecule has 0 aliphatic carbocycles. The standard InChI is InChI=1S/C27H29N3O3/c1-18-11-10-16-23(19(18)2)28-25(31)17-30(4)20(3)27(33)29-24-15-9-8-14-22(24)26(32)21-12-6-5-7-13-21/h5-16,20H,17H2,1-4H3,(H,28,31)(H,29,33). The number of hydrogen-bond acceptors (Lipinski definition) is 4. The van der Waals surface area contributed by atoms with Crippen molar-refractivity contribution in [3.8, 4) is 0 Å². The molecular formula is C27H29N3O3. The van der Waals surface area contributed by atoms with Gasteiger partial charge in [0.1, 0.15) is 0 Å². The second kappa shape index (κ2) is 10.7. The van der Waals surface area contributed by atoms with Crippen molar-refractivity contribution in [2.45, 2.75) is 26.8 Å². The van der Waals surface area contributed by atoms with Crippen LogP contribution in [0.3, 0.4) is 0 Å². The first-order valence-electron chi connectivity index (χ1n) is 10.8. The van der Waals surface area contributed by atoms with Crippen LogP contribution in [-0.4, -0.2) is 42.1 Å². The molecule has 1 unspecified atom stereocenters. The lowest BCUT2D eigenvalue weighted by molar-refractivity contribution is -0.122. The van der Waals surface area contributed by atoms with Crippen LogP contribution in [0.25, 0.3) is 0 Å². The molecule has 1 atom stereocenters. The molecule has 0 saturated heterocycles. The quantitative estimate of drug-likeness (QED) is 0.505. The van der Waals surface area contributed by atoms with E-state index in [4.69, 9.17) is 0 Å². The summed E-state index contributed by atoms with van der Waals surface area (Å²) in [4.78, 5) is 40.0. The molecule has 0 spiro atoms. The zero-order valence-electron chi connectivity index (χ0n) is 19.4. The minimum absolute atomic E-state index is 0.0482. The first kappa shape index (κ1) is 23.9. The summed E-state index contributed by atoms with van der Waals surface area (Å²) in [5, 5.41) is 5.76. The summed E-state index contributed by atoms with van der Waals surface area (Å²) >= 11 is 0. The van der Waals surface area contributed by atoms with Crippen LogP contribution >= 0.6 is 0 Å². The molecule has 3 aromatic rings. The summed E-state index contributed by atoms with van der Waals surface area (Å²) in [6.45, 7) is 5.72. The molecule has 3 rings (SSSR count). The molecule has 33 heavy (non-hydrogen) atoms. The van der Waals surface area contributed by atoms with Gasteiger partial charge in [0, 0.05) is 16.8 Å². The second-order valence-electron chi connectivity index (χ2n) is 8.12. The zero-order valence-corrected chi connectivity index (χ0v) is 19.4. The smallest absolute Gasteiger partial charge is 0.241 e. The van der Waals surface area contributed by atoms with Crippen LogP contribution in [0.5, 0.6) is 0 Å². The number of hydrogen-bond donors (Lipinski definition) is 2. The first-order valence-corrected chi connectivity index (χ1v) is 10.8. The van der Waals surface area contributed by atoms with Gasteiger partial charge in [-0.15, -0.1) is 0 Å². The molecular weight excluding hydrogens is 414 g/mol. The highest BCUT2D eigenvalue weighted by atomic mass is 16.2. The lowest BCUT2D eigenvalue weighted by Crippen LogP contribution is -2.43. The van der Waals surface area contributed by atoms with E-state index in [1.807, 2.05) is 38.1 Å². The SMILES string of the molecule is Cc1cccc(NC(=O)CN(C)C(C)C(=O)Nc2ccccc2C(=O)c2ccccc2)c1C. The number of carbonyl (C=O) groups excluding carboxylic acids is 3. The summed E-state index contributed by atoms with van der Waals surface area (Å²) < 4.78 is 0. The molecule has 0 aromatic heterocycles. The fraction of sp³-hybridized carbons (Fsp3) is 0.222. The van der Waals surface area contributed by atoms with Crippen LogP contribution < -0.4 is 10.6 Å². The Morgan fingerprint density at radius 1 is 0.818 bits per heavy atom. The number of anilines is 2. The number of likely N-dealkylation sites (N-methyl/N-ethyl adjacent to an activating group) is 1. The van der Waals surface area contributed by atoms with Crippen LogP contribution in [0, 0.1) is 13.8 Å². The maximum absolute atomic E-state index is 12.9. The van der Waals surface area contributed by atoms with Gasteiger partial charge in [0.25, 0.3) is 0 Å². The van der Waals surface area contributed by atoms with E-state index >= 15 is 0 Å². The van der Waals surface area contributed by atoms with E-state index in [9.17, 15) is 14.4 Å². The molecule has 0 saturated carbocycles. The second-order valence-corrected chi connectivity index (χ2v) is 8.12. The molecule has 0 aliphatic heterocycles. The van der Waals surface area contributed by atoms with Gasteiger partial charge < -0.3 is 10.6 Å². The van der Waals surface area contributed by atoms with E-state index in [1.54, 1.807) is 67.4 Å². The van der Waals surface area contributed by atoms with Crippen molar-refractivity contribution in [3.05, 3.63) is 95.1 Å². The molecule has 0 heterocycles. The van der Waals surface area contributed by atoms with Crippen LogP contribution in [0.15, 0.2) is 72.8 Å². The van der Waals surface area contributed by atoms with E-state index in [2.05, 4.69) is 10.6 Å². The van der Waals surface area contributed by atoms with Gasteiger partial charge in [-0.2, -0.15) is 0 Å². The third-order valence-electron chi connectivity index (χ3n) is 5.78. The van der Waals surface area contributed by atoms with Crippen molar-refractivity contribution >= 4 is 29.0 Å². The van der Waals surface area contributed by atoms with Gasteiger partial charge in [-0.1, -0.05) is 54.6 Å².